The third kappa shape index (κ3) is 4.38. The van der Waals surface area contributed by atoms with Crippen molar-refractivity contribution in [1.29, 1.82) is 0 Å². The summed E-state index contributed by atoms with van der Waals surface area (Å²) in [6.45, 7) is 3.65. The highest BCUT2D eigenvalue weighted by molar-refractivity contribution is 6.33. The van der Waals surface area contributed by atoms with Crippen LogP contribution < -0.4 is 4.90 Å². The Morgan fingerprint density at radius 3 is 2.00 bits per heavy atom. The fourth-order valence-corrected chi connectivity index (χ4v) is 4.51. The molecule has 1 aliphatic rings. The number of carbonyl (C=O) groups is 1. The lowest BCUT2D eigenvalue weighted by atomic mass is 9.67. The molecule has 2 unspecified atom stereocenters. The molecular formula is C26H26ClNO. The summed E-state index contributed by atoms with van der Waals surface area (Å²) in [7, 11) is 0. The van der Waals surface area contributed by atoms with Crippen molar-refractivity contribution in [3.63, 3.8) is 0 Å². The van der Waals surface area contributed by atoms with Gasteiger partial charge < -0.3 is 4.90 Å². The molecule has 0 saturated heterocycles. The van der Waals surface area contributed by atoms with Crippen molar-refractivity contribution < 1.29 is 4.79 Å². The smallest absolute Gasteiger partial charge is 0.137 e. The number of nitrogens with zero attached hydrogens (tertiary/aromatic N) is 1. The number of ketones is 1. The minimum absolute atomic E-state index is 0.153. The average Bonchev–Trinajstić information content (AvgIpc) is 2.74. The van der Waals surface area contributed by atoms with E-state index < -0.39 is 0 Å². The molecule has 29 heavy (non-hydrogen) atoms. The molecule has 0 bridgehead atoms. The second-order valence-corrected chi connectivity index (χ2v) is 8.24. The van der Waals surface area contributed by atoms with Gasteiger partial charge in [-0.05, 0) is 35.2 Å². The minimum atomic E-state index is 0.153. The second-order valence-electron chi connectivity index (χ2n) is 7.83. The summed E-state index contributed by atoms with van der Waals surface area (Å²) in [5.41, 5.74) is 4.75. The van der Waals surface area contributed by atoms with Gasteiger partial charge in [0.1, 0.15) is 5.78 Å². The highest BCUT2D eigenvalue weighted by Gasteiger charge is 2.39. The summed E-state index contributed by atoms with van der Waals surface area (Å²) in [6, 6.07) is 27.2. The van der Waals surface area contributed by atoms with Gasteiger partial charge in [0.2, 0.25) is 0 Å². The number of Topliss-reactive ketones (excluding diaryl/α,β-unsaturated/α-hetero) is 1. The fraction of sp³-hybridized carbons (Fsp3) is 0.269. The molecular weight excluding hydrogens is 378 g/mol. The molecule has 4 rings (SSSR count). The van der Waals surface area contributed by atoms with Gasteiger partial charge in [-0.15, -0.1) is 0 Å². The van der Waals surface area contributed by atoms with Gasteiger partial charge in [-0.2, -0.15) is 0 Å². The van der Waals surface area contributed by atoms with Gasteiger partial charge in [-0.3, -0.25) is 4.79 Å². The first-order valence-electron chi connectivity index (χ1n) is 10.3. The van der Waals surface area contributed by atoms with E-state index in [1.54, 1.807) is 0 Å². The molecule has 3 aromatic carbocycles. The Labute approximate surface area is 178 Å². The van der Waals surface area contributed by atoms with Crippen molar-refractivity contribution in [1.82, 2.24) is 0 Å². The number of rotatable bonds is 7. The zero-order valence-electron chi connectivity index (χ0n) is 16.7. The van der Waals surface area contributed by atoms with E-state index in [0.29, 0.717) is 18.1 Å². The second kappa shape index (κ2) is 8.84. The van der Waals surface area contributed by atoms with E-state index in [0.717, 1.165) is 30.2 Å². The van der Waals surface area contributed by atoms with Gasteiger partial charge in [-0.1, -0.05) is 85.3 Å². The molecule has 0 radical (unpaired) electrons. The maximum Gasteiger partial charge on any atom is 0.137 e. The van der Waals surface area contributed by atoms with Crippen LogP contribution in [0.3, 0.4) is 0 Å². The van der Waals surface area contributed by atoms with Crippen molar-refractivity contribution >= 4 is 23.1 Å². The van der Waals surface area contributed by atoms with Crippen molar-refractivity contribution in [2.45, 2.75) is 38.8 Å². The molecule has 0 aromatic heterocycles. The molecule has 1 fully saturated rings. The van der Waals surface area contributed by atoms with Gasteiger partial charge in [0, 0.05) is 31.3 Å². The van der Waals surface area contributed by atoms with Crippen LogP contribution >= 0.6 is 11.6 Å². The summed E-state index contributed by atoms with van der Waals surface area (Å²) in [6.07, 6.45) is 1.55. The van der Waals surface area contributed by atoms with Crippen LogP contribution in [0.4, 0.5) is 5.69 Å². The SMILES string of the molecule is CCC1C(=O)CC1c1ccc(Cl)c(N(Cc2ccccc2)Cc2ccccc2)c1. The molecule has 3 aromatic rings. The lowest BCUT2D eigenvalue weighted by Crippen LogP contribution is -2.34. The Hall–Kier alpha value is -2.58. The number of hydrogen-bond acceptors (Lipinski definition) is 2. The molecule has 0 N–H and O–H groups in total. The highest BCUT2D eigenvalue weighted by atomic mass is 35.5. The Balaban J connectivity index is 1.67. The molecule has 3 heteroatoms. The lowest BCUT2D eigenvalue weighted by molar-refractivity contribution is -0.131. The molecule has 1 saturated carbocycles. The van der Waals surface area contributed by atoms with Crippen LogP contribution in [0.15, 0.2) is 78.9 Å². The first-order chi connectivity index (χ1) is 14.2. The number of halogens is 1. The van der Waals surface area contributed by atoms with Crippen LogP contribution in [0.25, 0.3) is 0 Å². The van der Waals surface area contributed by atoms with Gasteiger partial charge in [-0.25, -0.2) is 0 Å². The highest BCUT2D eigenvalue weighted by Crippen LogP contribution is 2.43. The normalized spacial score (nSPS) is 18.3. The maximum atomic E-state index is 12.0. The number of anilines is 1. The first-order valence-corrected chi connectivity index (χ1v) is 10.7. The predicted molar refractivity (Wildman–Crippen MR) is 120 cm³/mol. The summed E-state index contributed by atoms with van der Waals surface area (Å²) < 4.78 is 0. The molecule has 1 aliphatic carbocycles. The summed E-state index contributed by atoms with van der Waals surface area (Å²) in [4.78, 5) is 14.3. The Morgan fingerprint density at radius 1 is 0.897 bits per heavy atom. The average molecular weight is 404 g/mol. The standard InChI is InChI=1S/C26H26ClNO/c1-2-22-23(16-26(22)29)21-13-14-24(27)25(15-21)28(17-19-9-5-3-6-10-19)18-20-11-7-4-8-12-20/h3-15,22-23H,2,16-18H2,1H3. The van der Waals surface area contributed by atoms with Crippen molar-refractivity contribution in [2.75, 3.05) is 4.90 Å². The molecule has 0 heterocycles. The Morgan fingerprint density at radius 2 is 1.48 bits per heavy atom. The monoisotopic (exact) mass is 403 g/mol. The zero-order chi connectivity index (χ0) is 20.2. The van der Waals surface area contributed by atoms with E-state index in [1.165, 1.54) is 16.7 Å². The number of carbonyl (C=O) groups excluding carboxylic acids is 1. The van der Waals surface area contributed by atoms with E-state index in [2.05, 4.69) is 72.5 Å². The molecule has 2 nitrogen and oxygen atoms in total. The third-order valence-electron chi connectivity index (χ3n) is 5.93. The molecule has 148 valence electrons. The fourth-order valence-electron chi connectivity index (χ4n) is 4.27. The predicted octanol–water partition coefficient (Wildman–Crippen LogP) is 6.63. The Kier molecular flexibility index (Phi) is 6.01. The first kappa shape index (κ1) is 19.7. The maximum absolute atomic E-state index is 12.0. The minimum Gasteiger partial charge on any atom is -0.362 e. The van der Waals surface area contributed by atoms with Crippen LogP contribution in [0.5, 0.6) is 0 Å². The van der Waals surface area contributed by atoms with E-state index in [9.17, 15) is 4.79 Å². The van der Waals surface area contributed by atoms with E-state index in [-0.39, 0.29) is 5.92 Å². The number of hydrogen-bond donors (Lipinski definition) is 0. The zero-order valence-corrected chi connectivity index (χ0v) is 17.5. The van der Waals surface area contributed by atoms with Crippen molar-refractivity contribution in [3.05, 3.63) is 101 Å². The molecule has 0 spiro atoms. The molecule has 0 aliphatic heterocycles. The van der Waals surface area contributed by atoms with Crippen LogP contribution in [0.1, 0.15) is 42.4 Å². The molecule has 0 amide bonds. The van der Waals surface area contributed by atoms with Crippen LogP contribution in [0, 0.1) is 5.92 Å². The van der Waals surface area contributed by atoms with E-state index in [1.807, 2.05) is 18.2 Å². The quantitative estimate of drug-likeness (QED) is 0.441. The summed E-state index contributed by atoms with van der Waals surface area (Å²) in [5.74, 6) is 0.860. The van der Waals surface area contributed by atoms with E-state index >= 15 is 0 Å². The number of benzene rings is 3. The van der Waals surface area contributed by atoms with Gasteiger partial charge in [0.25, 0.3) is 0 Å². The summed E-state index contributed by atoms with van der Waals surface area (Å²) >= 11 is 6.68. The van der Waals surface area contributed by atoms with Crippen LogP contribution in [-0.2, 0) is 17.9 Å². The third-order valence-corrected chi connectivity index (χ3v) is 6.25. The largest absolute Gasteiger partial charge is 0.362 e. The van der Waals surface area contributed by atoms with Crippen LogP contribution in [-0.4, -0.2) is 5.78 Å². The Bertz CT molecular complexity index is 929. The summed E-state index contributed by atoms with van der Waals surface area (Å²) in [5, 5.41) is 0.749. The van der Waals surface area contributed by atoms with E-state index in [4.69, 9.17) is 11.6 Å². The van der Waals surface area contributed by atoms with Crippen molar-refractivity contribution in [2.24, 2.45) is 5.92 Å². The van der Waals surface area contributed by atoms with Gasteiger partial charge >= 0.3 is 0 Å². The van der Waals surface area contributed by atoms with Gasteiger partial charge in [0.05, 0.1) is 10.7 Å². The topological polar surface area (TPSA) is 20.3 Å². The van der Waals surface area contributed by atoms with Crippen LogP contribution in [0.2, 0.25) is 5.02 Å². The molecule has 2 atom stereocenters. The van der Waals surface area contributed by atoms with Gasteiger partial charge in [0.15, 0.2) is 0 Å². The van der Waals surface area contributed by atoms with Crippen molar-refractivity contribution in [3.8, 4) is 0 Å². The lowest BCUT2D eigenvalue weighted by Gasteiger charge is -2.36.